The Kier molecular flexibility index (Phi) is 5.18. The molecule has 20 heavy (non-hydrogen) atoms. The van der Waals surface area contributed by atoms with Crippen LogP contribution >= 0.6 is 0 Å². The van der Waals surface area contributed by atoms with Gasteiger partial charge in [0.1, 0.15) is 12.4 Å². The van der Waals surface area contributed by atoms with Crippen LogP contribution in [0.3, 0.4) is 0 Å². The molecular formula is C16H23N3O. The lowest BCUT2D eigenvalue weighted by Gasteiger charge is -2.14. The molecule has 0 aliphatic rings. The van der Waals surface area contributed by atoms with Gasteiger partial charge in [0.05, 0.1) is 18.2 Å². The van der Waals surface area contributed by atoms with E-state index >= 15 is 0 Å². The van der Waals surface area contributed by atoms with Crippen LogP contribution in [0, 0.1) is 6.92 Å². The Labute approximate surface area is 120 Å². The molecule has 0 unspecified atom stereocenters. The van der Waals surface area contributed by atoms with E-state index in [2.05, 4.69) is 46.9 Å². The molecule has 0 aliphatic heterocycles. The van der Waals surface area contributed by atoms with Crippen molar-refractivity contribution in [3.05, 3.63) is 47.5 Å². The van der Waals surface area contributed by atoms with E-state index in [-0.39, 0.29) is 0 Å². The zero-order valence-electron chi connectivity index (χ0n) is 12.5. The van der Waals surface area contributed by atoms with Crippen molar-refractivity contribution in [3.8, 4) is 5.75 Å². The van der Waals surface area contributed by atoms with Crippen molar-refractivity contribution < 1.29 is 4.74 Å². The Balaban J connectivity index is 2.12. The molecule has 2 aromatic rings. The minimum atomic E-state index is 0.557. The Hall–Kier alpha value is -1.81. The summed E-state index contributed by atoms with van der Waals surface area (Å²) in [7, 11) is 1.95. The van der Waals surface area contributed by atoms with Gasteiger partial charge in [0.25, 0.3) is 0 Å². The molecule has 1 N–H and O–H groups in total. The van der Waals surface area contributed by atoms with Gasteiger partial charge < -0.3 is 14.6 Å². The number of rotatable bonds is 7. The molecule has 0 radical (unpaired) electrons. The number of nitrogens with one attached hydrogen (secondary N) is 1. The van der Waals surface area contributed by atoms with Crippen LogP contribution < -0.4 is 10.1 Å². The Morgan fingerprint density at radius 2 is 2.20 bits per heavy atom. The number of aromatic nitrogens is 2. The molecule has 1 aromatic heterocycles. The number of hydrogen-bond donors (Lipinski definition) is 1. The van der Waals surface area contributed by atoms with Crippen molar-refractivity contribution in [2.75, 3.05) is 7.05 Å². The molecule has 0 aliphatic carbocycles. The van der Waals surface area contributed by atoms with Gasteiger partial charge in [0.2, 0.25) is 0 Å². The maximum Gasteiger partial charge on any atom is 0.130 e. The molecule has 4 heteroatoms. The monoisotopic (exact) mass is 273 g/mol. The fourth-order valence-electron chi connectivity index (χ4n) is 2.31. The van der Waals surface area contributed by atoms with Gasteiger partial charge in [-0.15, -0.1) is 0 Å². The fraction of sp³-hybridized carbons (Fsp3) is 0.438. The third-order valence-corrected chi connectivity index (χ3v) is 3.29. The molecule has 1 aromatic carbocycles. The van der Waals surface area contributed by atoms with E-state index in [1.54, 1.807) is 0 Å². The van der Waals surface area contributed by atoms with E-state index in [9.17, 15) is 0 Å². The third kappa shape index (κ3) is 3.39. The van der Waals surface area contributed by atoms with Gasteiger partial charge in [-0.3, -0.25) is 0 Å². The van der Waals surface area contributed by atoms with Gasteiger partial charge >= 0.3 is 0 Å². The maximum absolute atomic E-state index is 6.05. The van der Waals surface area contributed by atoms with Crippen molar-refractivity contribution in [2.45, 2.75) is 40.0 Å². The van der Waals surface area contributed by atoms with Crippen LogP contribution in [0.15, 0.2) is 30.7 Å². The van der Waals surface area contributed by atoms with Crippen LogP contribution in [-0.4, -0.2) is 16.6 Å². The second-order valence-electron chi connectivity index (χ2n) is 4.96. The smallest absolute Gasteiger partial charge is 0.130 e. The van der Waals surface area contributed by atoms with Gasteiger partial charge in [-0.1, -0.05) is 25.1 Å². The number of para-hydroxylation sites is 1. The van der Waals surface area contributed by atoms with E-state index < -0.39 is 0 Å². The van der Waals surface area contributed by atoms with Crippen molar-refractivity contribution in [1.29, 1.82) is 0 Å². The summed E-state index contributed by atoms with van der Waals surface area (Å²) in [6.07, 6.45) is 4.85. The standard InChI is InChI=1S/C16H23N3O/c1-4-8-19-12-18-10-15(19)11-20-16-13(2)6-5-7-14(16)9-17-3/h5-7,10,12,17H,4,8-9,11H2,1-3H3. The minimum absolute atomic E-state index is 0.557. The first-order valence-electron chi connectivity index (χ1n) is 7.11. The van der Waals surface area contributed by atoms with Crippen LogP contribution in [0.25, 0.3) is 0 Å². The molecule has 2 rings (SSSR count). The number of ether oxygens (including phenoxy) is 1. The summed E-state index contributed by atoms with van der Waals surface area (Å²) in [5.74, 6) is 0.978. The second-order valence-corrected chi connectivity index (χ2v) is 4.96. The Morgan fingerprint density at radius 1 is 1.35 bits per heavy atom. The van der Waals surface area contributed by atoms with Gasteiger partial charge in [-0.25, -0.2) is 4.98 Å². The van der Waals surface area contributed by atoms with E-state index in [4.69, 9.17) is 4.74 Å². The molecular weight excluding hydrogens is 250 g/mol. The highest BCUT2D eigenvalue weighted by Crippen LogP contribution is 2.24. The molecule has 108 valence electrons. The van der Waals surface area contributed by atoms with Crippen LogP contribution in [-0.2, 0) is 19.7 Å². The number of hydrogen-bond acceptors (Lipinski definition) is 3. The first-order chi connectivity index (χ1) is 9.76. The number of aryl methyl sites for hydroxylation is 2. The van der Waals surface area contributed by atoms with Gasteiger partial charge in [0.15, 0.2) is 0 Å². The maximum atomic E-state index is 6.05. The van der Waals surface area contributed by atoms with Crippen molar-refractivity contribution in [2.24, 2.45) is 0 Å². The SMILES string of the molecule is CCCn1cncc1COc1c(C)cccc1CNC. The Bertz CT molecular complexity index is 548. The molecule has 0 saturated carbocycles. The van der Waals surface area contributed by atoms with E-state index in [1.165, 1.54) is 11.1 Å². The molecule has 0 bridgehead atoms. The van der Waals surface area contributed by atoms with E-state index in [0.29, 0.717) is 6.61 Å². The first kappa shape index (κ1) is 14.6. The topological polar surface area (TPSA) is 39.1 Å². The third-order valence-electron chi connectivity index (χ3n) is 3.29. The zero-order valence-corrected chi connectivity index (χ0v) is 12.5. The molecule has 0 fully saturated rings. The zero-order chi connectivity index (χ0) is 14.4. The molecule has 4 nitrogen and oxygen atoms in total. The van der Waals surface area contributed by atoms with Gasteiger partial charge in [-0.2, -0.15) is 0 Å². The molecule has 1 heterocycles. The van der Waals surface area contributed by atoms with Crippen molar-refractivity contribution >= 4 is 0 Å². The lowest BCUT2D eigenvalue weighted by molar-refractivity contribution is 0.289. The largest absolute Gasteiger partial charge is 0.487 e. The summed E-state index contributed by atoms with van der Waals surface area (Å²) in [6.45, 7) is 6.59. The van der Waals surface area contributed by atoms with Gasteiger partial charge in [0, 0.05) is 18.7 Å². The molecule has 0 atom stereocenters. The summed E-state index contributed by atoms with van der Waals surface area (Å²) < 4.78 is 8.20. The van der Waals surface area contributed by atoms with Crippen LogP contribution in [0.2, 0.25) is 0 Å². The summed E-state index contributed by atoms with van der Waals surface area (Å²) in [6, 6.07) is 6.25. The van der Waals surface area contributed by atoms with E-state index in [1.807, 2.05) is 19.6 Å². The fourth-order valence-corrected chi connectivity index (χ4v) is 2.31. The average Bonchev–Trinajstić information content (AvgIpc) is 2.86. The number of imidazole rings is 1. The minimum Gasteiger partial charge on any atom is -0.487 e. The lowest BCUT2D eigenvalue weighted by atomic mass is 10.1. The lowest BCUT2D eigenvalue weighted by Crippen LogP contribution is -2.10. The second kappa shape index (κ2) is 7.10. The number of benzene rings is 1. The summed E-state index contributed by atoms with van der Waals surface area (Å²) in [5, 5.41) is 3.18. The highest BCUT2D eigenvalue weighted by molar-refractivity contribution is 5.40. The highest BCUT2D eigenvalue weighted by Gasteiger charge is 2.08. The van der Waals surface area contributed by atoms with E-state index in [0.717, 1.165) is 31.0 Å². The average molecular weight is 273 g/mol. The van der Waals surface area contributed by atoms with Crippen molar-refractivity contribution in [3.63, 3.8) is 0 Å². The predicted octanol–water partition coefficient (Wildman–Crippen LogP) is 2.90. The molecule has 0 amide bonds. The summed E-state index contributed by atoms with van der Waals surface area (Å²) in [5.41, 5.74) is 3.47. The highest BCUT2D eigenvalue weighted by atomic mass is 16.5. The normalized spacial score (nSPS) is 10.8. The van der Waals surface area contributed by atoms with Crippen LogP contribution in [0.1, 0.15) is 30.2 Å². The first-order valence-corrected chi connectivity index (χ1v) is 7.11. The van der Waals surface area contributed by atoms with Crippen LogP contribution in [0.5, 0.6) is 5.75 Å². The quantitative estimate of drug-likeness (QED) is 0.843. The summed E-state index contributed by atoms with van der Waals surface area (Å²) >= 11 is 0. The van der Waals surface area contributed by atoms with Gasteiger partial charge in [-0.05, 0) is 26.0 Å². The molecule has 0 saturated heterocycles. The number of nitrogens with zero attached hydrogens (tertiary/aromatic N) is 2. The van der Waals surface area contributed by atoms with Crippen LogP contribution in [0.4, 0.5) is 0 Å². The predicted molar refractivity (Wildman–Crippen MR) is 80.8 cm³/mol. The Morgan fingerprint density at radius 3 is 2.95 bits per heavy atom. The summed E-state index contributed by atoms with van der Waals surface area (Å²) in [4.78, 5) is 4.20. The van der Waals surface area contributed by atoms with Crippen molar-refractivity contribution in [1.82, 2.24) is 14.9 Å². The molecule has 0 spiro atoms.